The number of hydrogen-bond acceptors (Lipinski definition) is 3. The molecule has 1 aliphatic heterocycles. The summed E-state index contributed by atoms with van der Waals surface area (Å²) in [5, 5.41) is 10.5. The molecule has 1 amide bonds. The third-order valence-electron chi connectivity index (χ3n) is 3.06. The van der Waals surface area contributed by atoms with E-state index in [1.165, 1.54) is 11.8 Å². The first-order chi connectivity index (χ1) is 8.50. The fraction of sp³-hybridized carbons (Fsp3) is 0.286. The van der Waals surface area contributed by atoms with E-state index in [-0.39, 0.29) is 12.2 Å². The molecule has 1 atom stereocenters. The fourth-order valence-electron chi connectivity index (χ4n) is 2.35. The molecule has 1 unspecified atom stereocenters. The normalized spacial score (nSPS) is 21.9. The summed E-state index contributed by atoms with van der Waals surface area (Å²) < 4.78 is 0. The third-order valence-corrected chi connectivity index (χ3v) is 3.06. The molecule has 0 aromatic heterocycles. The van der Waals surface area contributed by atoms with Crippen molar-refractivity contribution in [2.24, 2.45) is 0 Å². The van der Waals surface area contributed by atoms with Crippen molar-refractivity contribution >= 4 is 17.4 Å². The van der Waals surface area contributed by atoms with E-state index in [0.717, 1.165) is 0 Å². The lowest BCUT2D eigenvalue weighted by molar-refractivity contribution is -0.141. The molecule has 4 heteroatoms. The van der Waals surface area contributed by atoms with E-state index in [2.05, 4.69) is 6.58 Å². The number of nitrogens with zero attached hydrogens (tertiary/aromatic N) is 1. The molecule has 0 saturated carbocycles. The quantitative estimate of drug-likeness (QED) is 0.815. The van der Waals surface area contributed by atoms with Gasteiger partial charge in [-0.05, 0) is 13.0 Å². The monoisotopic (exact) mass is 245 g/mol. The van der Waals surface area contributed by atoms with Crippen molar-refractivity contribution in [3.8, 4) is 0 Å². The van der Waals surface area contributed by atoms with E-state index in [1.807, 2.05) is 0 Å². The highest BCUT2D eigenvalue weighted by atomic mass is 16.3. The largest absolute Gasteiger partial charge is 0.375 e. The maximum Gasteiger partial charge on any atom is 0.264 e. The van der Waals surface area contributed by atoms with E-state index >= 15 is 0 Å². The van der Waals surface area contributed by atoms with Crippen molar-refractivity contribution in [1.82, 2.24) is 0 Å². The number of benzene rings is 1. The molecule has 0 spiro atoms. The number of fused-ring (bicyclic) bond motifs is 1. The SMILES string of the molecule is C=CCN1C(=O)C(O)(CC(C)=O)c2ccccc21. The van der Waals surface area contributed by atoms with E-state index in [1.54, 1.807) is 30.3 Å². The number of amides is 1. The second-order valence-electron chi connectivity index (χ2n) is 4.46. The molecule has 18 heavy (non-hydrogen) atoms. The summed E-state index contributed by atoms with van der Waals surface area (Å²) in [5.41, 5.74) is -0.593. The molecule has 94 valence electrons. The van der Waals surface area contributed by atoms with E-state index in [9.17, 15) is 14.7 Å². The zero-order valence-corrected chi connectivity index (χ0v) is 10.2. The van der Waals surface area contributed by atoms with Crippen molar-refractivity contribution in [2.45, 2.75) is 18.9 Å². The smallest absolute Gasteiger partial charge is 0.264 e. The van der Waals surface area contributed by atoms with Gasteiger partial charge in [0.2, 0.25) is 0 Å². The molecule has 0 fully saturated rings. The van der Waals surface area contributed by atoms with Crippen LogP contribution in [0, 0.1) is 0 Å². The Morgan fingerprint density at radius 2 is 2.17 bits per heavy atom. The Hall–Kier alpha value is -1.94. The van der Waals surface area contributed by atoms with Gasteiger partial charge in [0.25, 0.3) is 5.91 Å². The summed E-state index contributed by atoms with van der Waals surface area (Å²) in [7, 11) is 0. The summed E-state index contributed by atoms with van der Waals surface area (Å²) in [6.45, 7) is 5.28. The standard InChI is InChI=1S/C14H15NO3/c1-3-8-15-12-7-5-4-6-11(12)14(18,13(15)17)9-10(2)16/h3-7,18H,1,8-9H2,2H3. The van der Waals surface area contributed by atoms with Crippen molar-refractivity contribution in [3.05, 3.63) is 42.5 Å². The van der Waals surface area contributed by atoms with Crippen LogP contribution in [0.1, 0.15) is 18.9 Å². The summed E-state index contributed by atoms with van der Waals surface area (Å²) >= 11 is 0. The first-order valence-electron chi connectivity index (χ1n) is 5.75. The molecule has 0 saturated heterocycles. The summed E-state index contributed by atoms with van der Waals surface area (Å²) in [4.78, 5) is 25.0. The van der Waals surface area contributed by atoms with Crippen LogP contribution in [-0.2, 0) is 15.2 Å². The molecule has 0 bridgehead atoms. The van der Waals surface area contributed by atoms with Gasteiger partial charge in [-0.2, -0.15) is 0 Å². The van der Waals surface area contributed by atoms with E-state index in [4.69, 9.17) is 0 Å². The van der Waals surface area contributed by atoms with Gasteiger partial charge < -0.3 is 10.0 Å². The van der Waals surface area contributed by atoms with Crippen LogP contribution in [0.15, 0.2) is 36.9 Å². The molecule has 1 N–H and O–H groups in total. The van der Waals surface area contributed by atoms with Crippen molar-refractivity contribution in [2.75, 3.05) is 11.4 Å². The van der Waals surface area contributed by atoms with Crippen LogP contribution in [0.2, 0.25) is 0 Å². The lowest BCUT2D eigenvalue weighted by Crippen LogP contribution is -2.41. The highest BCUT2D eigenvalue weighted by Crippen LogP contribution is 2.42. The van der Waals surface area contributed by atoms with Crippen LogP contribution in [-0.4, -0.2) is 23.3 Å². The summed E-state index contributed by atoms with van der Waals surface area (Å²) in [5.74, 6) is -0.681. The Bertz CT molecular complexity index is 524. The first kappa shape index (κ1) is 12.5. The van der Waals surface area contributed by atoms with Crippen LogP contribution in [0.4, 0.5) is 5.69 Å². The van der Waals surface area contributed by atoms with Crippen LogP contribution >= 0.6 is 0 Å². The van der Waals surface area contributed by atoms with Gasteiger partial charge in [-0.25, -0.2) is 0 Å². The molecular formula is C14H15NO3. The Balaban J connectivity index is 2.54. The lowest BCUT2D eigenvalue weighted by atomic mass is 9.90. The molecular weight excluding hydrogens is 230 g/mol. The summed E-state index contributed by atoms with van der Waals surface area (Å²) in [6, 6.07) is 6.98. The maximum absolute atomic E-state index is 12.3. The molecule has 1 aliphatic rings. The minimum atomic E-state index is -1.73. The number of carbonyl (C=O) groups is 2. The van der Waals surface area contributed by atoms with Crippen LogP contribution in [0.25, 0.3) is 0 Å². The molecule has 0 radical (unpaired) electrons. The van der Waals surface area contributed by atoms with Gasteiger partial charge in [0.05, 0.1) is 5.69 Å². The number of Topliss-reactive ketones (excluding diaryl/α,β-unsaturated/α-hetero) is 1. The number of para-hydroxylation sites is 1. The van der Waals surface area contributed by atoms with Gasteiger partial charge in [-0.3, -0.25) is 9.59 Å². The summed E-state index contributed by atoms with van der Waals surface area (Å²) in [6.07, 6.45) is 1.39. The number of rotatable bonds is 4. The zero-order valence-electron chi connectivity index (χ0n) is 10.2. The predicted molar refractivity (Wildman–Crippen MR) is 68.2 cm³/mol. The van der Waals surface area contributed by atoms with E-state index < -0.39 is 11.5 Å². The fourth-order valence-corrected chi connectivity index (χ4v) is 2.35. The van der Waals surface area contributed by atoms with Crippen LogP contribution < -0.4 is 4.90 Å². The average molecular weight is 245 g/mol. The number of hydrogen-bond donors (Lipinski definition) is 1. The van der Waals surface area contributed by atoms with Gasteiger partial charge >= 0.3 is 0 Å². The van der Waals surface area contributed by atoms with Crippen molar-refractivity contribution in [3.63, 3.8) is 0 Å². The number of ketones is 1. The first-order valence-corrected chi connectivity index (χ1v) is 5.75. The molecule has 1 aromatic carbocycles. The van der Waals surface area contributed by atoms with Crippen LogP contribution in [0.3, 0.4) is 0 Å². The Kier molecular flexibility index (Phi) is 3.05. The Morgan fingerprint density at radius 1 is 1.50 bits per heavy atom. The minimum absolute atomic E-state index is 0.198. The van der Waals surface area contributed by atoms with Gasteiger partial charge in [0.1, 0.15) is 5.78 Å². The van der Waals surface area contributed by atoms with Crippen molar-refractivity contribution in [1.29, 1.82) is 0 Å². The zero-order chi connectivity index (χ0) is 13.3. The highest BCUT2D eigenvalue weighted by Gasteiger charge is 2.49. The van der Waals surface area contributed by atoms with Crippen LogP contribution in [0.5, 0.6) is 0 Å². The Morgan fingerprint density at radius 3 is 2.78 bits per heavy atom. The molecule has 2 rings (SSSR count). The van der Waals surface area contributed by atoms with Gasteiger partial charge in [-0.15, -0.1) is 6.58 Å². The van der Waals surface area contributed by atoms with Crippen molar-refractivity contribution < 1.29 is 14.7 Å². The predicted octanol–water partition coefficient (Wildman–Crippen LogP) is 1.39. The molecule has 4 nitrogen and oxygen atoms in total. The minimum Gasteiger partial charge on any atom is -0.375 e. The van der Waals surface area contributed by atoms with Gasteiger partial charge in [0, 0.05) is 18.5 Å². The third kappa shape index (κ3) is 1.75. The Labute approximate surface area is 106 Å². The number of carbonyl (C=O) groups excluding carboxylic acids is 2. The van der Waals surface area contributed by atoms with E-state index in [0.29, 0.717) is 17.8 Å². The van der Waals surface area contributed by atoms with Gasteiger partial charge in [-0.1, -0.05) is 24.3 Å². The number of aliphatic hydroxyl groups is 1. The topological polar surface area (TPSA) is 57.6 Å². The second kappa shape index (κ2) is 4.38. The van der Waals surface area contributed by atoms with Gasteiger partial charge in [0.15, 0.2) is 5.60 Å². The lowest BCUT2D eigenvalue weighted by Gasteiger charge is -2.21. The molecule has 1 aromatic rings. The second-order valence-corrected chi connectivity index (χ2v) is 4.46. The average Bonchev–Trinajstić information content (AvgIpc) is 2.52. The molecule has 1 heterocycles. The molecule has 0 aliphatic carbocycles. The maximum atomic E-state index is 12.3. The number of anilines is 1. The highest BCUT2D eigenvalue weighted by molar-refractivity contribution is 6.08.